The van der Waals surface area contributed by atoms with Gasteiger partial charge in [-0.05, 0) is 142 Å². The number of amides is 2. The van der Waals surface area contributed by atoms with E-state index in [0.717, 1.165) is 0 Å². The Morgan fingerprint density at radius 1 is 0.714 bits per heavy atom. The highest BCUT2D eigenvalue weighted by molar-refractivity contribution is 7.92. The molecule has 0 unspecified atom stereocenters. The first-order valence-electron chi connectivity index (χ1n) is 20.5. The summed E-state index contributed by atoms with van der Waals surface area (Å²) in [6.07, 6.45) is 3.33. The Morgan fingerprint density at radius 2 is 1.22 bits per heavy atom. The zero-order valence-electron chi connectivity index (χ0n) is 38.4. The molecular weight excluding hydrogens is 838 g/mol. The van der Waals surface area contributed by atoms with Crippen LogP contribution >= 0.6 is 0 Å². The van der Waals surface area contributed by atoms with Gasteiger partial charge in [0.1, 0.15) is 17.3 Å². The van der Waals surface area contributed by atoms with Crippen LogP contribution in [0.4, 0.5) is 10.3 Å². The standard InChI is InChI=1S/C45H64FN5O11S/c1-40(2,28-41(3,4)38(56)57)33-23-31(15-18-34(33)46)62-30-13-16-32(17-14-30)63(58,59)51-39-47-26-29(27-48-39)37(55)50-43(7,8)20-22-60-44(9,10)24-35(52)49-42(5,6)19-21-61-45(11,12)25-36(53)54/h13-18,23,26-27H,19-22,24-25,28H2,1-12H3,(H,49,52)(H,50,55)(H,53,54)(H,56,57)(H,47,48,51). The Morgan fingerprint density at radius 3 is 1.75 bits per heavy atom. The third kappa shape index (κ3) is 16.8. The Balaban J connectivity index is 1.51. The summed E-state index contributed by atoms with van der Waals surface area (Å²) in [5.41, 5.74) is -4.62. The second-order valence-corrected chi connectivity index (χ2v) is 21.3. The van der Waals surface area contributed by atoms with Gasteiger partial charge in [-0.25, -0.2) is 27.5 Å². The molecule has 0 atom stereocenters. The van der Waals surface area contributed by atoms with Crippen molar-refractivity contribution in [3.05, 3.63) is 71.8 Å². The van der Waals surface area contributed by atoms with Crippen LogP contribution in [0.1, 0.15) is 131 Å². The minimum Gasteiger partial charge on any atom is -0.481 e. The Labute approximate surface area is 370 Å². The van der Waals surface area contributed by atoms with E-state index in [0.29, 0.717) is 12.8 Å². The molecule has 0 saturated heterocycles. The summed E-state index contributed by atoms with van der Waals surface area (Å²) < 4.78 is 61.2. The minimum atomic E-state index is -4.16. The van der Waals surface area contributed by atoms with Crippen LogP contribution in [0.5, 0.6) is 11.5 Å². The van der Waals surface area contributed by atoms with Crippen molar-refractivity contribution in [3.63, 3.8) is 0 Å². The van der Waals surface area contributed by atoms with Crippen LogP contribution in [0.15, 0.2) is 59.8 Å². The van der Waals surface area contributed by atoms with Gasteiger partial charge in [0.2, 0.25) is 11.9 Å². The lowest BCUT2D eigenvalue weighted by molar-refractivity contribution is -0.148. The number of anilines is 1. The molecular formula is C45H64FN5O11S. The predicted molar refractivity (Wildman–Crippen MR) is 235 cm³/mol. The van der Waals surface area contributed by atoms with Gasteiger partial charge in [-0.15, -0.1) is 0 Å². The SMILES string of the molecule is CC(C)(CCOC(C)(C)CC(=O)O)NC(=O)CC(C)(C)OCCC(C)(C)NC(=O)c1cnc(NS(=O)(=O)c2ccc(Oc3ccc(F)c(C(C)(C)CC(C)(C)C(=O)O)c3)cc2)nc1. The number of carbonyl (C=O) groups excluding carboxylic acids is 2. The molecule has 0 saturated carbocycles. The van der Waals surface area contributed by atoms with E-state index in [1.54, 1.807) is 69.2 Å². The van der Waals surface area contributed by atoms with Gasteiger partial charge < -0.3 is 35.1 Å². The van der Waals surface area contributed by atoms with Crippen LogP contribution in [-0.4, -0.2) is 87.8 Å². The van der Waals surface area contributed by atoms with E-state index in [1.807, 2.05) is 13.8 Å². The maximum absolute atomic E-state index is 14.9. The highest BCUT2D eigenvalue weighted by Crippen LogP contribution is 2.40. The van der Waals surface area contributed by atoms with Gasteiger partial charge >= 0.3 is 11.9 Å². The van der Waals surface area contributed by atoms with Crippen molar-refractivity contribution in [2.45, 2.75) is 148 Å². The molecule has 18 heteroatoms. The van der Waals surface area contributed by atoms with Crippen molar-refractivity contribution in [2.75, 3.05) is 17.9 Å². The lowest BCUT2D eigenvalue weighted by Gasteiger charge is -2.33. The average molecular weight is 902 g/mol. The number of nitrogens with zero attached hydrogens (tertiary/aromatic N) is 2. The minimum absolute atomic E-state index is 0.0670. The van der Waals surface area contributed by atoms with E-state index in [4.69, 9.17) is 19.3 Å². The van der Waals surface area contributed by atoms with Gasteiger partial charge in [0.25, 0.3) is 15.9 Å². The van der Waals surface area contributed by atoms with E-state index in [9.17, 15) is 37.1 Å². The molecule has 3 aromatic rings. The highest BCUT2D eigenvalue weighted by atomic mass is 32.2. The van der Waals surface area contributed by atoms with Gasteiger partial charge in [-0.2, -0.15) is 0 Å². The van der Waals surface area contributed by atoms with Crippen LogP contribution in [0.25, 0.3) is 0 Å². The third-order valence-corrected chi connectivity index (χ3v) is 11.5. The van der Waals surface area contributed by atoms with Gasteiger partial charge in [0, 0.05) is 36.7 Å². The van der Waals surface area contributed by atoms with Crippen molar-refractivity contribution in [1.29, 1.82) is 0 Å². The maximum Gasteiger partial charge on any atom is 0.309 e. The molecule has 5 N–H and O–H groups in total. The lowest BCUT2D eigenvalue weighted by atomic mass is 9.71. The van der Waals surface area contributed by atoms with E-state index in [1.165, 1.54) is 54.9 Å². The van der Waals surface area contributed by atoms with Crippen molar-refractivity contribution in [3.8, 4) is 11.5 Å². The fraction of sp³-hybridized carbons (Fsp3) is 0.556. The molecule has 1 heterocycles. The molecule has 0 aliphatic heterocycles. The monoisotopic (exact) mass is 901 g/mol. The molecule has 0 bridgehead atoms. The van der Waals surface area contributed by atoms with E-state index in [2.05, 4.69) is 25.3 Å². The fourth-order valence-corrected chi connectivity index (χ4v) is 7.76. The number of sulfonamides is 1. The second-order valence-electron chi connectivity index (χ2n) is 19.6. The second kappa shape index (κ2) is 20.1. The molecule has 63 heavy (non-hydrogen) atoms. The number of ether oxygens (including phenoxy) is 3. The van der Waals surface area contributed by atoms with Crippen LogP contribution in [0, 0.1) is 11.2 Å². The number of aliphatic carboxylic acids is 2. The number of carbonyl (C=O) groups is 4. The molecule has 0 radical (unpaired) electrons. The van der Waals surface area contributed by atoms with Crippen molar-refractivity contribution >= 4 is 39.7 Å². The largest absolute Gasteiger partial charge is 0.481 e. The number of halogens is 1. The summed E-state index contributed by atoms with van der Waals surface area (Å²) in [5.74, 6) is -2.91. The number of benzene rings is 2. The molecule has 3 rings (SSSR count). The molecule has 2 amide bonds. The molecule has 0 spiro atoms. The Bertz CT molecular complexity index is 2210. The zero-order chi connectivity index (χ0) is 47.8. The molecule has 0 fully saturated rings. The first kappa shape index (κ1) is 52.1. The fourth-order valence-electron chi connectivity index (χ4n) is 6.81. The first-order valence-corrected chi connectivity index (χ1v) is 22.0. The predicted octanol–water partition coefficient (Wildman–Crippen LogP) is 7.63. The van der Waals surface area contributed by atoms with Crippen molar-refractivity contribution in [1.82, 2.24) is 20.6 Å². The molecule has 2 aromatic carbocycles. The Kier molecular flexibility index (Phi) is 16.6. The number of nitrogens with one attached hydrogen (secondary N) is 3. The number of carboxylic acids is 2. The van der Waals surface area contributed by atoms with Crippen LogP contribution in [-0.2, 0) is 39.3 Å². The van der Waals surface area contributed by atoms with Crippen molar-refractivity contribution < 1.29 is 56.4 Å². The van der Waals surface area contributed by atoms with E-state index < -0.39 is 66.8 Å². The van der Waals surface area contributed by atoms with Gasteiger partial charge in [0.15, 0.2) is 0 Å². The number of hydrogen-bond acceptors (Lipinski definition) is 11. The Hall–Kier alpha value is -5.20. The number of rotatable bonds is 24. The zero-order valence-corrected chi connectivity index (χ0v) is 39.2. The van der Waals surface area contributed by atoms with Gasteiger partial charge in [-0.1, -0.05) is 13.8 Å². The van der Waals surface area contributed by atoms with Crippen LogP contribution in [0.2, 0.25) is 0 Å². The van der Waals surface area contributed by atoms with Crippen molar-refractivity contribution in [2.24, 2.45) is 5.41 Å². The van der Waals surface area contributed by atoms with E-state index >= 15 is 0 Å². The summed E-state index contributed by atoms with van der Waals surface area (Å²) in [6.45, 7) is 21.5. The highest BCUT2D eigenvalue weighted by Gasteiger charge is 2.37. The van der Waals surface area contributed by atoms with Crippen LogP contribution < -0.4 is 20.1 Å². The molecule has 348 valence electrons. The summed E-state index contributed by atoms with van der Waals surface area (Å²) in [6, 6.07) is 9.62. The van der Waals surface area contributed by atoms with Gasteiger partial charge in [-0.3, -0.25) is 19.2 Å². The number of hydrogen-bond donors (Lipinski definition) is 5. The molecule has 0 aliphatic rings. The third-order valence-electron chi connectivity index (χ3n) is 10.2. The summed E-state index contributed by atoms with van der Waals surface area (Å²) in [7, 11) is -4.16. The van der Waals surface area contributed by atoms with Crippen LogP contribution in [0.3, 0.4) is 0 Å². The molecule has 0 aliphatic carbocycles. The molecule has 16 nitrogen and oxygen atoms in total. The van der Waals surface area contributed by atoms with E-state index in [-0.39, 0.29) is 71.9 Å². The topological polar surface area (TPSA) is 232 Å². The average Bonchev–Trinajstić information content (AvgIpc) is 3.10. The lowest BCUT2D eigenvalue weighted by Crippen LogP contribution is -2.47. The smallest absolute Gasteiger partial charge is 0.309 e. The number of aromatic nitrogens is 2. The van der Waals surface area contributed by atoms with Gasteiger partial charge in [0.05, 0.1) is 39.9 Å². The normalized spacial score (nSPS) is 13.0. The summed E-state index contributed by atoms with van der Waals surface area (Å²) in [4.78, 5) is 56.7. The molecule has 1 aromatic heterocycles. The first-order chi connectivity index (χ1) is 28.7. The maximum atomic E-state index is 14.9. The quantitative estimate of drug-likeness (QED) is 0.0583. The number of carboxylic acid groups (broad SMARTS) is 2. The summed E-state index contributed by atoms with van der Waals surface area (Å²) in [5, 5.41) is 24.5. The summed E-state index contributed by atoms with van der Waals surface area (Å²) >= 11 is 0.